The molecule has 1 aromatic heterocycles. The summed E-state index contributed by atoms with van der Waals surface area (Å²) in [4.78, 5) is 16.8. The lowest BCUT2D eigenvalue weighted by Gasteiger charge is -2.08. The number of nitrogens with one attached hydrogen (secondary N) is 1. The van der Waals surface area contributed by atoms with Gasteiger partial charge in [0, 0.05) is 22.4 Å². The van der Waals surface area contributed by atoms with Gasteiger partial charge in [-0.2, -0.15) is 0 Å². The Bertz CT molecular complexity index is 1190. The molecule has 4 nitrogen and oxygen atoms in total. The molecular weight excluding hydrogens is 439 g/mol. The number of nitrogens with zero attached hydrogens (tertiary/aromatic N) is 1. The van der Waals surface area contributed by atoms with Gasteiger partial charge in [0.05, 0.1) is 17.3 Å². The number of benzene rings is 3. The maximum atomic E-state index is 12.2. The second kappa shape index (κ2) is 9.47. The molecule has 0 saturated heterocycles. The molecule has 30 heavy (non-hydrogen) atoms. The van der Waals surface area contributed by atoms with Gasteiger partial charge in [-0.05, 0) is 41.5 Å². The zero-order chi connectivity index (χ0) is 20.9. The first-order chi connectivity index (χ1) is 14.6. The Morgan fingerprint density at radius 3 is 2.70 bits per heavy atom. The number of fused-ring (bicyclic) bond motifs is 1. The predicted molar refractivity (Wildman–Crippen MR) is 125 cm³/mol. The van der Waals surface area contributed by atoms with Gasteiger partial charge in [-0.25, -0.2) is 4.98 Å². The third-order valence-corrected chi connectivity index (χ3v) is 5.78. The van der Waals surface area contributed by atoms with Crippen LogP contribution in [0.4, 0.5) is 5.13 Å². The van der Waals surface area contributed by atoms with Gasteiger partial charge in [0.15, 0.2) is 5.13 Å². The number of rotatable bonds is 7. The maximum absolute atomic E-state index is 12.2. The average Bonchev–Trinajstić information content (AvgIpc) is 3.20. The summed E-state index contributed by atoms with van der Waals surface area (Å²) >= 11 is 13.3. The molecule has 7 heteroatoms. The molecule has 4 rings (SSSR count). The Morgan fingerprint density at radius 2 is 1.87 bits per heavy atom. The highest BCUT2D eigenvalue weighted by atomic mass is 35.5. The highest BCUT2D eigenvalue weighted by Crippen LogP contribution is 2.29. The maximum Gasteiger partial charge on any atom is 0.226 e. The van der Waals surface area contributed by atoms with E-state index in [-0.39, 0.29) is 5.91 Å². The van der Waals surface area contributed by atoms with Crippen molar-refractivity contribution in [2.75, 3.05) is 11.9 Å². The summed E-state index contributed by atoms with van der Waals surface area (Å²) in [6.07, 6.45) is 0.893. The molecule has 1 N–H and O–H groups in total. The standard InChI is InChI=1S/C23H18Cl2N2O2S/c24-18-9-10-21(19(25)13-18)29-11-3-6-22(28)27-23-26-20(14-30-23)17-8-7-15-4-1-2-5-16(15)12-17/h1-2,4-5,7-10,12-14H,3,6,11H2,(H,26,27,28). The number of anilines is 1. The van der Waals surface area contributed by atoms with Crippen molar-refractivity contribution in [1.29, 1.82) is 0 Å². The fourth-order valence-electron chi connectivity index (χ4n) is 3.00. The van der Waals surface area contributed by atoms with Crippen LogP contribution in [0.1, 0.15) is 12.8 Å². The number of carbonyl (C=O) groups excluding carboxylic acids is 1. The zero-order valence-corrected chi connectivity index (χ0v) is 18.2. The van der Waals surface area contributed by atoms with Crippen LogP contribution in [0, 0.1) is 0 Å². The second-order valence-corrected chi connectivity index (χ2v) is 8.38. The SMILES string of the molecule is O=C(CCCOc1ccc(Cl)cc1Cl)Nc1nc(-c2ccc3ccccc3c2)cs1. The molecule has 0 saturated carbocycles. The van der Waals surface area contributed by atoms with Gasteiger partial charge >= 0.3 is 0 Å². The third-order valence-electron chi connectivity index (χ3n) is 4.50. The molecule has 0 bridgehead atoms. The van der Waals surface area contributed by atoms with Gasteiger partial charge in [-0.15, -0.1) is 11.3 Å². The van der Waals surface area contributed by atoms with Gasteiger partial charge in [0.1, 0.15) is 5.75 Å². The zero-order valence-electron chi connectivity index (χ0n) is 15.9. The smallest absolute Gasteiger partial charge is 0.226 e. The van der Waals surface area contributed by atoms with E-state index in [0.29, 0.717) is 40.4 Å². The number of hydrogen-bond acceptors (Lipinski definition) is 4. The summed E-state index contributed by atoms with van der Waals surface area (Å²) in [6.45, 7) is 0.384. The summed E-state index contributed by atoms with van der Waals surface area (Å²) in [5.41, 5.74) is 1.88. The highest BCUT2D eigenvalue weighted by Gasteiger charge is 2.09. The van der Waals surface area contributed by atoms with Crippen molar-refractivity contribution in [2.24, 2.45) is 0 Å². The molecule has 0 fully saturated rings. The van der Waals surface area contributed by atoms with E-state index in [9.17, 15) is 4.79 Å². The largest absolute Gasteiger partial charge is 0.492 e. The summed E-state index contributed by atoms with van der Waals surface area (Å²) in [7, 11) is 0. The number of ether oxygens (including phenoxy) is 1. The molecule has 4 aromatic rings. The van der Waals surface area contributed by atoms with Crippen molar-refractivity contribution >= 4 is 56.3 Å². The van der Waals surface area contributed by atoms with Gasteiger partial charge in [0.2, 0.25) is 5.91 Å². The fraction of sp³-hybridized carbons (Fsp3) is 0.130. The molecule has 152 valence electrons. The third kappa shape index (κ3) is 5.11. The second-order valence-electron chi connectivity index (χ2n) is 6.67. The molecule has 3 aromatic carbocycles. The summed E-state index contributed by atoms with van der Waals surface area (Å²) < 4.78 is 5.61. The fourth-order valence-corrected chi connectivity index (χ4v) is 4.20. The number of aromatic nitrogens is 1. The molecular formula is C23H18Cl2N2O2S. The van der Waals surface area contributed by atoms with Crippen molar-refractivity contribution in [3.63, 3.8) is 0 Å². The lowest BCUT2D eigenvalue weighted by Crippen LogP contribution is -2.12. The lowest BCUT2D eigenvalue weighted by molar-refractivity contribution is -0.116. The van der Waals surface area contributed by atoms with Crippen LogP contribution in [0.3, 0.4) is 0 Å². The van der Waals surface area contributed by atoms with E-state index in [0.717, 1.165) is 16.6 Å². The molecule has 0 aliphatic rings. The Hall–Kier alpha value is -2.60. The molecule has 1 amide bonds. The number of amides is 1. The van der Waals surface area contributed by atoms with Crippen molar-refractivity contribution in [1.82, 2.24) is 4.98 Å². The Labute approximate surface area is 188 Å². The average molecular weight is 457 g/mol. The first-order valence-electron chi connectivity index (χ1n) is 9.41. The Kier molecular flexibility index (Phi) is 6.53. The molecule has 0 aliphatic carbocycles. The number of carbonyl (C=O) groups is 1. The Balaban J connectivity index is 1.29. The van der Waals surface area contributed by atoms with Gasteiger partial charge in [0.25, 0.3) is 0 Å². The van der Waals surface area contributed by atoms with E-state index >= 15 is 0 Å². The quantitative estimate of drug-likeness (QED) is 0.302. The summed E-state index contributed by atoms with van der Waals surface area (Å²) in [5, 5.41) is 8.75. The number of hydrogen-bond donors (Lipinski definition) is 1. The minimum Gasteiger partial charge on any atom is -0.492 e. The normalized spacial score (nSPS) is 10.9. The van der Waals surface area contributed by atoms with E-state index in [1.807, 2.05) is 23.6 Å². The van der Waals surface area contributed by atoms with Crippen LogP contribution in [0.25, 0.3) is 22.0 Å². The molecule has 0 aliphatic heterocycles. The molecule has 0 unspecified atom stereocenters. The van der Waals surface area contributed by atoms with Crippen LogP contribution in [-0.2, 0) is 4.79 Å². The number of halogens is 2. The number of thiazole rings is 1. The predicted octanol–water partition coefficient (Wildman–Crippen LogP) is 7.07. The minimum absolute atomic E-state index is 0.0970. The van der Waals surface area contributed by atoms with Gasteiger partial charge < -0.3 is 10.1 Å². The van der Waals surface area contributed by atoms with Gasteiger partial charge in [-0.1, -0.05) is 59.6 Å². The van der Waals surface area contributed by atoms with Crippen LogP contribution >= 0.6 is 34.5 Å². The van der Waals surface area contributed by atoms with Crippen molar-refractivity contribution in [3.05, 3.63) is 76.1 Å². The molecule has 0 spiro atoms. The van der Waals surface area contributed by atoms with Crippen LogP contribution < -0.4 is 10.1 Å². The van der Waals surface area contributed by atoms with E-state index in [1.165, 1.54) is 16.7 Å². The Morgan fingerprint density at radius 1 is 1.03 bits per heavy atom. The highest BCUT2D eigenvalue weighted by molar-refractivity contribution is 7.14. The van der Waals surface area contributed by atoms with Crippen molar-refractivity contribution in [2.45, 2.75) is 12.8 Å². The summed E-state index contributed by atoms with van der Waals surface area (Å²) in [6, 6.07) is 19.5. The van der Waals surface area contributed by atoms with E-state index < -0.39 is 0 Å². The topological polar surface area (TPSA) is 51.2 Å². The van der Waals surface area contributed by atoms with Crippen LogP contribution in [0.2, 0.25) is 10.0 Å². The first-order valence-corrected chi connectivity index (χ1v) is 11.0. The monoisotopic (exact) mass is 456 g/mol. The van der Waals surface area contributed by atoms with E-state index in [2.05, 4.69) is 34.6 Å². The molecule has 0 atom stereocenters. The van der Waals surface area contributed by atoms with Crippen LogP contribution in [0.15, 0.2) is 66.0 Å². The molecule has 1 heterocycles. The van der Waals surface area contributed by atoms with E-state index in [4.69, 9.17) is 27.9 Å². The minimum atomic E-state index is -0.0970. The lowest BCUT2D eigenvalue weighted by atomic mass is 10.1. The van der Waals surface area contributed by atoms with Crippen molar-refractivity contribution in [3.8, 4) is 17.0 Å². The van der Waals surface area contributed by atoms with Crippen molar-refractivity contribution < 1.29 is 9.53 Å². The van der Waals surface area contributed by atoms with Crippen LogP contribution in [0.5, 0.6) is 5.75 Å². The van der Waals surface area contributed by atoms with Crippen LogP contribution in [-0.4, -0.2) is 17.5 Å². The summed E-state index contributed by atoms with van der Waals surface area (Å²) in [5.74, 6) is 0.460. The van der Waals surface area contributed by atoms with Gasteiger partial charge in [-0.3, -0.25) is 4.79 Å². The first kappa shape index (κ1) is 20.7. The molecule has 0 radical (unpaired) electrons. The van der Waals surface area contributed by atoms with E-state index in [1.54, 1.807) is 18.2 Å².